The van der Waals surface area contributed by atoms with Gasteiger partial charge in [0.2, 0.25) is 0 Å². The van der Waals surface area contributed by atoms with Crippen LogP contribution in [0.2, 0.25) is 0 Å². The van der Waals surface area contributed by atoms with E-state index < -0.39 is 0 Å². The molecule has 0 saturated carbocycles. The molecular weight excluding hydrogens is 236 g/mol. The number of nitro groups is 1. The minimum atomic E-state index is -0.316. The molecule has 1 N–H and O–H groups in total. The van der Waals surface area contributed by atoms with E-state index in [9.17, 15) is 10.1 Å². The minimum absolute atomic E-state index is 0.187. The quantitative estimate of drug-likeness (QED) is 0.624. The number of nitro benzene ring substituents is 1. The number of hydrogen-bond donors (Lipinski definition) is 1. The highest BCUT2D eigenvalue weighted by molar-refractivity contribution is 7.98. The first-order valence-corrected chi connectivity index (χ1v) is 6.99. The highest BCUT2D eigenvalue weighted by Crippen LogP contribution is 2.28. The maximum absolute atomic E-state index is 11.0. The first-order valence-electron chi connectivity index (χ1n) is 5.59. The second-order valence-electron chi connectivity index (χ2n) is 3.93. The molecular formula is C12H18N2O2S. The smallest absolute Gasteiger partial charge is 0.295 e. The van der Waals surface area contributed by atoms with E-state index in [0.29, 0.717) is 11.3 Å². The standard InChI is InChI=1S/C12H18N2O2S/c1-4-10(8-17-3)13-11-7-5-6-9(2)12(11)14(15)16/h5-7,10,13H,4,8H2,1-3H3. The number of aryl methyl sites for hydroxylation is 1. The SMILES string of the molecule is CCC(CSC)Nc1cccc(C)c1[N+](=O)[O-]. The van der Waals surface area contributed by atoms with Crippen molar-refractivity contribution in [2.45, 2.75) is 26.3 Å². The molecule has 0 aliphatic heterocycles. The van der Waals surface area contributed by atoms with Crippen molar-refractivity contribution in [3.8, 4) is 0 Å². The molecule has 1 aromatic rings. The van der Waals surface area contributed by atoms with Crippen LogP contribution < -0.4 is 5.32 Å². The largest absolute Gasteiger partial charge is 0.376 e. The predicted molar refractivity (Wildman–Crippen MR) is 73.9 cm³/mol. The number of para-hydroxylation sites is 1. The van der Waals surface area contributed by atoms with Crippen LogP contribution in [0.3, 0.4) is 0 Å². The normalized spacial score (nSPS) is 12.2. The third-order valence-corrected chi connectivity index (χ3v) is 3.38. The van der Waals surface area contributed by atoms with Gasteiger partial charge in [0.1, 0.15) is 5.69 Å². The van der Waals surface area contributed by atoms with Gasteiger partial charge in [-0.05, 0) is 25.7 Å². The molecule has 1 unspecified atom stereocenters. The maximum atomic E-state index is 11.0. The van der Waals surface area contributed by atoms with Gasteiger partial charge >= 0.3 is 0 Å². The lowest BCUT2D eigenvalue weighted by atomic mass is 10.1. The van der Waals surface area contributed by atoms with E-state index in [1.165, 1.54) is 0 Å². The zero-order valence-corrected chi connectivity index (χ0v) is 11.2. The summed E-state index contributed by atoms with van der Waals surface area (Å²) in [4.78, 5) is 10.7. The third-order valence-electron chi connectivity index (χ3n) is 2.64. The molecule has 0 spiro atoms. The summed E-state index contributed by atoms with van der Waals surface area (Å²) in [7, 11) is 0. The minimum Gasteiger partial charge on any atom is -0.376 e. The van der Waals surface area contributed by atoms with Gasteiger partial charge in [0.15, 0.2) is 0 Å². The molecule has 4 nitrogen and oxygen atoms in total. The molecule has 0 aliphatic carbocycles. The number of benzene rings is 1. The monoisotopic (exact) mass is 254 g/mol. The Morgan fingerprint density at radius 1 is 1.53 bits per heavy atom. The van der Waals surface area contributed by atoms with Crippen LogP contribution in [0.25, 0.3) is 0 Å². The number of nitrogens with one attached hydrogen (secondary N) is 1. The van der Waals surface area contributed by atoms with Crippen molar-refractivity contribution in [3.05, 3.63) is 33.9 Å². The Labute approximate surface area is 106 Å². The van der Waals surface area contributed by atoms with Crippen LogP contribution in [-0.4, -0.2) is 23.0 Å². The van der Waals surface area contributed by atoms with E-state index in [-0.39, 0.29) is 16.7 Å². The Morgan fingerprint density at radius 2 is 2.24 bits per heavy atom. The summed E-state index contributed by atoms with van der Waals surface area (Å²) >= 11 is 1.74. The lowest BCUT2D eigenvalue weighted by Crippen LogP contribution is -2.21. The fourth-order valence-electron chi connectivity index (χ4n) is 1.70. The summed E-state index contributed by atoms with van der Waals surface area (Å²) in [5, 5.41) is 14.3. The summed E-state index contributed by atoms with van der Waals surface area (Å²) in [6, 6.07) is 5.65. The third kappa shape index (κ3) is 3.63. The van der Waals surface area contributed by atoms with E-state index in [2.05, 4.69) is 12.2 Å². The second kappa shape index (κ2) is 6.49. The van der Waals surface area contributed by atoms with Gasteiger partial charge in [0.05, 0.1) is 4.92 Å². The van der Waals surface area contributed by atoms with Gasteiger partial charge in [0.25, 0.3) is 5.69 Å². The first kappa shape index (κ1) is 13.8. The molecule has 0 saturated heterocycles. The molecule has 94 valence electrons. The Morgan fingerprint density at radius 3 is 2.76 bits per heavy atom. The van der Waals surface area contributed by atoms with Gasteiger partial charge in [-0.25, -0.2) is 0 Å². The zero-order valence-electron chi connectivity index (χ0n) is 10.4. The van der Waals surface area contributed by atoms with Gasteiger partial charge in [0, 0.05) is 17.4 Å². The van der Waals surface area contributed by atoms with Crippen molar-refractivity contribution < 1.29 is 4.92 Å². The number of rotatable bonds is 6. The second-order valence-corrected chi connectivity index (χ2v) is 4.84. The van der Waals surface area contributed by atoms with E-state index in [1.807, 2.05) is 12.3 Å². The molecule has 0 aromatic heterocycles. The molecule has 0 fully saturated rings. The topological polar surface area (TPSA) is 55.2 Å². The fourth-order valence-corrected chi connectivity index (χ4v) is 2.42. The maximum Gasteiger partial charge on any atom is 0.295 e. The van der Waals surface area contributed by atoms with Crippen LogP contribution >= 0.6 is 11.8 Å². The first-order chi connectivity index (χ1) is 8.10. The highest BCUT2D eigenvalue weighted by Gasteiger charge is 2.18. The molecule has 1 atom stereocenters. The molecule has 0 radical (unpaired) electrons. The van der Waals surface area contributed by atoms with Gasteiger partial charge in [-0.3, -0.25) is 10.1 Å². The number of nitrogens with zero attached hydrogens (tertiary/aromatic N) is 1. The van der Waals surface area contributed by atoms with Crippen molar-refractivity contribution in [1.82, 2.24) is 0 Å². The van der Waals surface area contributed by atoms with Crippen LogP contribution in [0.15, 0.2) is 18.2 Å². The lowest BCUT2D eigenvalue weighted by molar-refractivity contribution is -0.384. The molecule has 5 heteroatoms. The Balaban J connectivity index is 2.97. The molecule has 17 heavy (non-hydrogen) atoms. The molecule has 0 bridgehead atoms. The van der Waals surface area contributed by atoms with Crippen molar-refractivity contribution >= 4 is 23.1 Å². The van der Waals surface area contributed by atoms with E-state index in [4.69, 9.17) is 0 Å². The summed E-state index contributed by atoms with van der Waals surface area (Å²) < 4.78 is 0. The van der Waals surface area contributed by atoms with Crippen molar-refractivity contribution in [2.24, 2.45) is 0 Å². The van der Waals surface area contributed by atoms with E-state index in [0.717, 1.165) is 12.2 Å². The van der Waals surface area contributed by atoms with Crippen molar-refractivity contribution in [2.75, 3.05) is 17.3 Å². The van der Waals surface area contributed by atoms with E-state index >= 15 is 0 Å². The van der Waals surface area contributed by atoms with E-state index in [1.54, 1.807) is 30.8 Å². The van der Waals surface area contributed by atoms with Crippen LogP contribution in [0, 0.1) is 17.0 Å². The summed E-state index contributed by atoms with van der Waals surface area (Å²) in [5.41, 5.74) is 1.50. The number of hydrogen-bond acceptors (Lipinski definition) is 4. The highest BCUT2D eigenvalue weighted by atomic mass is 32.2. The lowest BCUT2D eigenvalue weighted by Gasteiger charge is -2.17. The van der Waals surface area contributed by atoms with Crippen molar-refractivity contribution in [3.63, 3.8) is 0 Å². The summed E-state index contributed by atoms with van der Waals surface area (Å²) in [6.45, 7) is 3.84. The average molecular weight is 254 g/mol. The zero-order chi connectivity index (χ0) is 12.8. The molecule has 0 aliphatic rings. The molecule has 1 aromatic carbocycles. The molecule has 1 rings (SSSR count). The van der Waals surface area contributed by atoms with Gasteiger partial charge in [-0.15, -0.1) is 0 Å². The van der Waals surface area contributed by atoms with Crippen LogP contribution in [0.4, 0.5) is 11.4 Å². The number of thioether (sulfide) groups is 1. The Kier molecular flexibility index (Phi) is 5.28. The molecule has 0 heterocycles. The predicted octanol–water partition coefficient (Wildman–Crippen LogP) is 3.46. The van der Waals surface area contributed by atoms with Gasteiger partial charge < -0.3 is 5.32 Å². The van der Waals surface area contributed by atoms with Gasteiger partial charge in [-0.2, -0.15) is 11.8 Å². The summed E-state index contributed by atoms with van der Waals surface area (Å²) in [6.07, 6.45) is 2.99. The van der Waals surface area contributed by atoms with Gasteiger partial charge in [-0.1, -0.05) is 19.1 Å². The number of anilines is 1. The molecule has 0 amide bonds. The van der Waals surface area contributed by atoms with Crippen LogP contribution in [0.5, 0.6) is 0 Å². The Hall–Kier alpha value is -1.23. The van der Waals surface area contributed by atoms with Crippen LogP contribution in [-0.2, 0) is 0 Å². The van der Waals surface area contributed by atoms with Crippen molar-refractivity contribution in [1.29, 1.82) is 0 Å². The van der Waals surface area contributed by atoms with Crippen LogP contribution in [0.1, 0.15) is 18.9 Å². The average Bonchev–Trinajstić information content (AvgIpc) is 2.28. The summed E-state index contributed by atoms with van der Waals surface area (Å²) in [5.74, 6) is 0.946. The Bertz CT molecular complexity index is 396. The fraction of sp³-hybridized carbons (Fsp3) is 0.500.